The number of cyclic esters (lactones) is 1. The Bertz CT molecular complexity index is 1190. The van der Waals surface area contributed by atoms with Crippen LogP contribution in [0.1, 0.15) is 30.5 Å². The quantitative estimate of drug-likeness (QED) is 0.195. The Labute approximate surface area is 218 Å². The zero-order valence-corrected chi connectivity index (χ0v) is 22.1. The minimum atomic E-state index is -3.67. The van der Waals surface area contributed by atoms with Crippen LogP contribution < -0.4 is 9.47 Å². The highest BCUT2D eigenvalue weighted by Gasteiger charge is 2.51. The van der Waals surface area contributed by atoms with Crippen LogP contribution in [0.15, 0.2) is 78.9 Å². The maximum atomic E-state index is 13.4. The van der Waals surface area contributed by atoms with Gasteiger partial charge in [0.05, 0.1) is 19.8 Å². The lowest BCUT2D eigenvalue weighted by Crippen LogP contribution is -2.27. The van der Waals surface area contributed by atoms with Gasteiger partial charge in [-0.05, 0) is 49.1 Å². The van der Waals surface area contributed by atoms with E-state index in [-0.39, 0.29) is 25.7 Å². The summed E-state index contributed by atoms with van der Waals surface area (Å²) in [4.78, 5) is 12.6. The summed E-state index contributed by atoms with van der Waals surface area (Å²) < 4.78 is 42.0. The van der Waals surface area contributed by atoms with Crippen LogP contribution in [0.4, 0.5) is 0 Å². The number of hydrogen-bond donors (Lipinski definition) is 0. The van der Waals surface area contributed by atoms with E-state index in [1.54, 1.807) is 13.8 Å². The molecule has 0 aromatic heterocycles. The van der Waals surface area contributed by atoms with E-state index in [9.17, 15) is 9.36 Å². The normalized spacial score (nSPS) is 17.4. The van der Waals surface area contributed by atoms with Crippen molar-refractivity contribution in [2.24, 2.45) is 5.92 Å². The summed E-state index contributed by atoms with van der Waals surface area (Å²) in [5, 5.41) is 0. The number of rotatable bonds is 13. The Balaban J connectivity index is 1.55. The van der Waals surface area contributed by atoms with Gasteiger partial charge in [0.1, 0.15) is 13.2 Å². The molecule has 0 aliphatic carbocycles. The van der Waals surface area contributed by atoms with Crippen molar-refractivity contribution in [2.75, 3.05) is 19.8 Å². The van der Waals surface area contributed by atoms with Gasteiger partial charge in [-0.15, -0.1) is 0 Å². The van der Waals surface area contributed by atoms with E-state index in [4.69, 9.17) is 23.3 Å². The summed E-state index contributed by atoms with van der Waals surface area (Å²) in [6.07, 6.45) is 0.446. The van der Waals surface area contributed by atoms with Crippen molar-refractivity contribution < 1.29 is 32.6 Å². The highest BCUT2D eigenvalue weighted by molar-refractivity contribution is 7.55. The second-order valence-electron chi connectivity index (χ2n) is 8.74. The van der Waals surface area contributed by atoms with Crippen LogP contribution in [0, 0.1) is 5.92 Å². The van der Waals surface area contributed by atoms with Crippen LogP contribution in [-0.4, -0.2) is 31.4 Å². The Hall–Kier alpha value is -3.12. The minimum absolute atomic E-state index is 0.153. The van der Waals surface area contributed by atoms with Crippen molar-refractivity contribution in [3.63, 3.8) is 0 Å². The average molecular weight is 525 g/mol. The van der Waals surface area contributed by atoms with Crippen LogP contribution >= 0.6 is 7.60 Å². The fourth-order valence-corrected chi connectivity index (χ4v) is 6.51. The van der Waals surface area contributed by atoms with Crippen molar-refractivity contribution in [1.29, 1.82) is 0 Å². The van der Waals surface area contributed by atoms with Crippen molar-refractivity contribution in [1.82, 2.24) is 0 Å². The highest BCUT2D eigenvalue weighted by Crippen LogP contribution is 2.58. The third kappa shape index (κ3) is 7.01. The fourth-order valence-electron chi connectivity index (χ4n) is 4.36. The molecule has 3 aromatic carbocycles. The van der Waals surface area contributed by atoms with Crippen LogP contribution in [0.5, 0.6) is 11.5 Å². The molecule has 2 atom stereocenters. The van der Waals surface area contributed by atoms with E-state index in [1.165, 1.54) is 0 Å². The average Bonchev–Trinajstić information content (AvgIpc) is 3.28. The van der Waals surface area contributed by atoms with Gasteiger partial charge >= 0.3 is 13.6 Å². The summed E-state index contributed by atoms with van der Waals surface area (Å²) in [7, 11) is -3.67. The Morgan fingerprint density at radius 1 is 0.784 bits per heavy atom. The van der Waals surface area contributed by atoms with Crippen LogP contribution in [0.2, 0.25) is 0 Å². The molecule has 0 amide bonds. The fraction of sp³-hybridized carbons (Fsp3) is 0.345. The van der Waals surface area contributed by atoms with Gasteiger partial charge in [0.15, 0.2) is 17.2 Å². The molecule has 1 fully saturated rings. The summed E-state index contributed by atoms with van der Waals surface area (Å²) in [5.74, 6) is 0.318. The zero-order chi connectivity index (χ0) is 26.1. The van der Waals surface area contributed by atoms with Crippen molar-refractivity contribution in [3.8, 4) is 11.5 Å². The molecule has 4 rings (SSSR count). The SMILES string of the molecule is CCOP(=O)(OCC)C1C(=O)OCC1Cc1ccc(OCc2ccccc2)c(OCc2ccccc2)c1. The molecular weight excluding hydrogens is 491 g/mol. The summed E-state index contributed by atoms with van der Waals surface area (Å²) in [6, 6.07) is 25.5. The summed E-state index contributed by atoms with van der Waals surface area (Å²) >= 11 is 0. The standard InChI is InChI=1S/C29H33O7P/c1-3-35-37(31,36-4-2)28-25(21-34-29(28)30)17-24-15-16-26(32-19-22-11-7-5-8-12-22)27(18-24)33-20-23-13-9-6-10-14-23/h5-16,18,25,28H,3-4,17,19-21H2,1-2H3. The first-order valence-electron chi connectivity index (χ1n) is 12.5. The van der Waals surface area contributed by atoms with Crippen LogP contribution in [0.3, 0.4) is 0 Å². The van der Waals surface area contributed by atoms with Crippen molar-refractivity contribution in [3.05, 3.63) is 95.6 Å². The maximum Gasteiger partial charge on any atom is 0.345 e. The number of esters is 1. The minimum Gasteiger partial charge on any atom is -0.485 e. The van der Waals surface area contributed by atoms with Crippen LogP contribution in [-0.2, 0) is 42.8 Å². The van der Waals surface area contributed by atoms with E-state index in [1.807, 2.05) is 78.9 Å². The third-order valence-electron chi connectivity index (χ3n) is 6.07. The molecule has 1 aliphatic rings. The zero-order valence-electron chi connectivity index (χ0n) is 21.2. The maximum absolute atomic E-state index is 13.4. The Morgan fingerprint density at radius 3 is 1.92 bits per heavy atom. The van der Waals surface area contributed by atoms with Crippen molar-refractivity contribution in [2.45, 2.75) is 39.1 Å². The lowest BCUT2D eigenvalue weighted by molar-refractivity contribution is -0.138. The van der Waals surface area contributed by atoms with Gasteiger partial charge in [-0.2, -0.15) is 0 Å². The first-order chi connectivity index (χ1) is 18.0. The smallest absolute Gasteiger partial charge is 0.345 e. The van der Waals surface area contributed by atoms with E-state index in [0.29, 0.717) is 31.1 Å². The Morgan fingerprint density at radius 2 is 1.35 bits per heavy atom. The second kappa shape index (κ2) is 12.9. The molecule has 0 saturated carbocycles. The van der Waals surface area contributed by atoms with Gasteiger partial charge in [0.25, 0.3) is 0 Å². The molecule has 37 heavy (non-hydrogen) atoms. The monoisotopic (exact) mass is 524 g/mol. The van der Waals surface area contributed by atoms with Crippen molar-refractivity contribution >= 4 is 13.6 Å². The number of benzene rings is 3. The molecule has 8 heteroatoms. The molecule has 0 bridgehead atoms. The second-order valence-corrected chi connectivity index (χ2v) is 10.9. The van der Waals surface area contributed by atoms with Gasteiger partial charge in [0.2, 0.25) is 0 Å². The molecule has 0 spiro atoms. The largest absolute Gasteiger partial charge is 0.485 e. The van der Waals surface area contributed by atoms with E-state index < -0.39 is 19.2 Å². The first-order valence-corrected chi connectivity index (χ1v) is 14.2. The van der Waals surface area contributed by atoms with Gasteiger partial charge in [-0.3, -0.25) is 9.36 Å². The number of ether oxygens (including phenoxy) is 3. The number of hydrogen-bond acceptors (Lipinski definition) is 7. The van der Waals surface area contributed by atoms with Gasteiger partial charge in [-0.25, -0.2) is 0 Å². The highest BCUT2D eigenvalue weighted by atomic mass is 31.2. The lowest BCUT2D eigenvalue weighted by atomic mass is 9.98. The van der Waals surface area contributed by atoms with E-state index in [2.05, 4.69) is 0 Å². The van der Waals surface area contributed by atoms with Gasteiger partial charge in [-0.1, -0.05) is 66.7 Å². The molecule has 7 nitrogen and oxygen atoms in total. The Kier molecular flexibility index (Phi) is 9.40. The topological polar surface area (TPSA) is 80.3 Å². The predicted molar refractivity (Wildman–Crippen MR) is 141 cm³/mol. The molecule has 0 N–H and O–H groups in total. The van der Waals surface area contributed by atoms with Gasteiger partial charge < -0.3 is 23.3 Å². The third-order valence-corrected chi connectivity index (χ3v) is 8.62. The van der Waals surface area contributed by atoms with Gasteiger partial charge in [0, 0.05) is 5.92 Å². The predicted octanol–water partition coefficient (Wildman–Crippen LogP) is 6.19. The van der Waals surface area contributed by atoms with E-state index >= 15 is 0 Å². The summed E-state index contributed by atoms with van der Waals surface area (Å²) in [6.45, 7) is 4.75. The number of carbonyl (C=O) groups excluding carboxylic acids is 1. The molecule has 196 valence electrons. The van der Waals surface area contributed by atoms with E-state index in [0.717, 1.165) is 16.7 Å². The molecule has 1 aliphatic heterocycles. The van der Waals surface area contributed by atoms with Crippen LogP contribution in [0.25, 0.3) is 0 Å². The lowest BCUT2D eigenvalue weighted by Gasteiger charge is -2.24. The molecule has 1 heterocycles. The summed E-state index contributed by atoms with van der Waals surface area (Å²) in [5.41, 5.74) is 2.02. The number of carbonyl (C=O) groups is 1. The molecule has 0 radical (unpaired) electrons. The molecule has 2 unspecified atom stereocenters. The molecule has 3 aromatic rings. The first kappa shape index (κ1) is 26.9. The molecule has 1 saturated heterocycles. The molecular formula is C29H33O7P.